The maximum atomic E-state index is 12.8. The number of carbonyl (C=O) groups excluding carboxylic acids is 4. The van der Waals surface area contributed by atoms with E-state index < -0.39 is 23.8 Å². The van der Waals surface area contributed by atoms with E-state index in [2.05, 4.69) is 22.9 Å². The lowest BCUT2D eigenvalue weighted by Crippen LogP contribution is -2.54. The fourth-order valence-electron chi connectivity index (χ4n) is 4.06. The number of piperidine rings is 2. The molecule has 3 heterocycles. The van der Waals surface area contributed by atoms with Gasteiger partial charge in [0.2, 0.25) is 11.8 Å². The van der Waals surface area contributed by atoms with Crippen molar-refractivity contribution in [2.45, 2.75) is 38.3 Å². The van der Waals surface area contributed by atoms with Gasteiger partial charge in [0.15, 0.2) is 0 Å². The second-order valence-electron chi connectivity index (χ2n) is 7.55. The van der Waals surface area contributed by atoms with Crippen LogP contribution in [0, 0.1) is 5.92 Å². The summed E-state index contributed by atoms with van der Waals surface area (Å²) in [6.07, 6.45) is 1.30. The van der Waals surface area contributed by atoms with Gasteiger partial charge in [0.1, 0.15) is 6.04 Å². The molecule has 142 valence electrons. The first-order chi connectivity index (χ1) is 12.9. The Morgan fingerprint density at radius 2 is 1.85 bits per heavy atom. The predicted molar refractivity (Wildman–Crippen MR) is 97.2 cm³/mol. The molecule has 1 aromatic carbocycles. The number of hydrogen-bond acceptors (Lipinski definition) is 6. The number of imide groups is 2. The Balaban J connectivity index is 1.54. The number of nitrogens with one attached hydrogen (secondary N) is 3. The Kier molecular flexibility index (Phi) is 4.43. The van der Waals surface area contributed by atoms with Crippen LogP contribution in [0.2, 0.25) is 0 Å². The van der Waals surface area contributed by atoms with Crippen molar-refractivity contribution in [2.75, 3.05) is 18.4 Å². The largest absolute Gasteiger partial charge is 0.381 e. The molecule has 3 aliphatic heterocycles. The highest BCUT2D eigenvalue weighted by atomic mass is 16.2. The molecular formula is C19H22N4O4. The zero-order chi connectivity index (χ0) is 19.1. The molecule has 3 N–H and O–H groups in total. The van der Waals surface area contributed by atoms with E-state index >= 15 is 0 Å². The number of hydrogen-bond donors (Lipinski definition) is 3. The number of anilines is 1. The molecule has 2 fully saturated rings. The van der Waals surface area contributed by atoms with Gasteiger partial charge in [0, 0.05) is 24.7 Å². The van der Waals surface area contributed by atoms with Crippen LogP contribution in [0.25, 0.3) is 0 Å². The lowest BCUT2D eigenvalue weighted by atomic mass is 9.97. The van der Waals surface area contributed by atoms with E-state index in [9.17, 15) is 19.2 Å². The van der Waals surface area contributed by atoms with E-state index in [-0.39, 0.29) is 24.8 Å². The smallest absolute Gasteiger partial charge is 0.262 e. The van der Waals surface area contributed by atoms with Crippen molar-refractivity contribution >= 4 is 29.3 Å². The number of nitrogens with zero attached hydrogens (tertiary/aromatic N) is 1. The first-order valence-electron chi connectivity index (χ1n) is 9.27. The average Bonchev–Trinajstić information content (AvgIpc) is 2.86. The molecule has 0 aliphatic carbocycles. The Labute approximate surface area is 156 Å². The molecule has 0 spiro atoms. The number of rotatable bonds is 3. The summed E-state index contributed by atoms with van der Waals surface area (Å²) in [4.78, 5) is 49.9. The third kappa shape index (κ3) is 3.21. The molecule has 0 saturated carbocycles. The van der Waals surface area contributed by atoms with Crippen molar-refractivity contribution in [3.8, 4) is 0 Å². The Morgan fingerprint density at radius 1 is 1.07 bits per heavy atom. The predicted octanol–water partition coefficient (Wildman–Crippen LogP) is 0.498. The minimum Gasteiger partial charge on any atom is -0.381 e. The molecule has 8 heteroatoms. The number of amides is 4. The molecule has 1 aromatic rings. The van der Waals surface area contributed by atoms with Gasteiger partial charge in [-0.2, -0.15) is 0 Å². The molecule has 0 aromatic heterocycles. The quantitative estimate of drug-likeness (QED) is 0.669. The van der Waals surface area contributed by atoms with E-state index in [4.69, 9.17) is 0 Å². The zero-order valence-corrected chi connectivity index (χ0v) is 15.1. The van der Waals surface area contributed by atoms with Crippen LogP contribution in [0.1, 0.15) is 46.9 Å². The van der Waals surface area contributed by atoms with Gasteiger partial charge < -0.3 is 10.6 Å². The minimum atomic E-state index is -0.935. The summed E-state index contributed by atoms with van der Waals surface area (Å²) in [6.45, 7) is 4.02. The summed E-state index contributed by atoms with van der Waals surface area (Å²) in [5.41, 5.74) is 1.37. The fraction of sp³-hybridized carbons (Fsp3) is 0.474. The van der Waals surface area contributed by atoms with Gasteiger partial charge in [-0.3, -0.25) is 29.4 Å². The van der Waals surface area contributed by atoms with Crippen molar-refractivity contribution in [1.29, 1.82) is 0 Å². The average molecular weight is 370 g/mol. The summed E-state index contributed by atoms with van der Waals surface area (Å²) >= 11 is 0. The lowest BCUT2D eigenvalue weighted by Gasteiger charge is -2.29. The molecule has 4 rings (SSSR count). The van der Waals surface area contributed by atoms with Crippen LogP contribution in [0.4, 0.5) is 5.69 Å². The fourth-order valence-corrected chi connectivity index (χ4v) is 4.06. The van der Waals surface area contributed by atoms with Crippen LogP contribution < -0.4 is 16.0 Å². The second-order valence-corrected chi connectivity index (χ2v) is 7.55. The second kappa shape index (κ2) is 6.77. The number of fused-ring (bicyclic) bond motifs is 1. The molecule has 3 atom stereocenters. The zero-order valence-electron chi connectivity index (χ0n) is 15.1. The molecule has 3 unspecified atom stereocenters. The summed E-state index contributed by atoms with van der Waals surface area (Å²) < 4.78 is 0. The van der Waals surface area contributed by atoms with Crippen molar-refractivity contribution in [2.24, 2.45) is 5.92 Å². The lowest BCUT2D eigenvalue weighted by molar-refractivity contribution is -0.136. The Morgan fingerprint density at radius 3 is 2.59 bits per heavy atom. The first kappa shape index (κ1) is 17.7. The highest BCUT2D eigenvalue weighted by molar-refractivity contribution is 6.23. The van der Waals surface area contributed by atoms with Crippen molar-refractivity contribution in [1.82, 2.24) is 15.5 Å². The molecule has 0 bridgehead atoms. The van der Waals surface area contributed by atoms with E-state index in [0.717, 1.165) is 30.1 Å². The number of benzene rings is 1. The van der Waals surface area contributed by atoms with Gasteiger partial charge in [-0.15, -0.1) is 0 Å². The summed E-state index contributed by atoms with van der Waals surface area (Å²) in [5.74, 6) is -1.37. The summed E-state index contributed by atoms with van der Waals surface area (Å²) in [6, 6.07) is 4.42. The normalized spacial score (nSPS) is 28.2. The minimum absolute atomic E-state index is 0.115. The Bertz CT molecular complexity index is 837. The third-order valence-electron chi connectivity index (χ3n) is 5.38. The van der Waals surface area contributed by atoms with Crippen LogP contribution in [-0.2, 0) is 9.59 Å². The SMILES string of the molecule is CC1CNCC(Nc2ccc3c(c2)C(=O)N(C2CCC(=O)NC2=O)C3=O)C1. The van der Waals surface area contributed by atoms with E-state index in [0.29, 0.717) is 17.0 Å². The summed E-state index contributed by atoms with van der Waals surface area (Å²) in [5, 5.41) is 8.99. The molecule has 8 nitrogen and oxygen atoms in total. The van der Waals surface area contributed by atoms with Crippen LogP contribution >= 0.6 is 0 Å². The molecule has 4 amide bonds. The van der Waals surface area contributed by atoms with Crippen molar-refractivity contribution in [3.05, 3.63) is 29.3 Å². The maximum Gasteiger partial charge on any atom is 0.262 e. The van der Waals surface area contributed by atoms with Crippen LogP contribution in [0.3, 0.4) is 0 Å². The standard InChI is InChI=1S/C19H22N4O4/c1-10-6-12(9-20-8-10)21-11-2-3-13-14(7-11)19(27)23(18(13)26)15-4-5-16(24)22-17(15)25/h2-3,7,10,12,15,20-21H,4-6,8-9H2,1H3,(H,22,24,25). The molecular weight excluding hydrogens is 348 g/mol. The van der Waals surface area contributed by atoms with Crippen molar-refractivity contribution < 1.29 is 19.2 Å². The van der Waals surface area contributed by atoms with E-state index in [1.54, 1.807) is 18.2 Å². The molecule has 0 radical (unpaired) electrons. The van der Waals surface area contributed by atoms with Crippen LogP contribution in [0.15, 0.2) is 18.2 Å². The van der Waals surface area contributed by atoms with Gasteiger partial charge in [-0.05, 0) is 43.5 Å². The highest BCUT2D eigenvalue weighted by Crippen LogP contribution is 2.30. The van der Waals surface area contributed by atoms with Gasteiger partial charge in [0.25, 0.3) is 11.8 Å². The van der Waals surface area contributed by atoms with Gasteiger partial charge >= 0.3 is 0 Å². The Hall–Kier alpha value is -2.74. The van der Waals surface area contributed by atoms with Crippen LogP contribution in [0.5, 0.6) is 0 Å². The molecule has 2 saturated heterocycles. The monoisotopic (exact) mass is 370 g/mol. The molecule has 3 aliphatic rings. The van der Waals surface area contributed by atoms with Gasteiger partial charge in [0.05, 0.1) is 11.1 Å². The van der Waals surface area contributed by atoms with Crippen LogP contribution in [-0.4, -0.2) is 53.7 Å². The third-order valence-corrected chi connectivity index (χ3v) is 5.38. The van der Waals surface area contributed by atoms with Gasteiger partial charge in [-0.1, -0.05) is 6.92 Å². The van der Waals surface area contributed by atoms with E-state index in [1.807, 2.05) is 0 Å². The highest BCUT2D eigenvalue weighted by Gasteiger charge is 2.44. The van der Waals surface area contributed by atoms with Gasteiger partial charge in [-0.25, -0.2) is 0 Å². The number of carbonyl (C=O) groups is 4. The maximum absolute atomic E-state index is 12.8. The first-order valence-corrected chi connectivity index (χ1v) is 9.27. The van der Waals surface area contributed by atoms with Crippen molar-refractivity contribution in [3.63, 3.8) is 0 Å². The van der Waals surface area contributed by atoms with E-state index in [1.165, 1.54) is 0 Å². The summed E-state index contributed by atoms with van der Waals surface area (Å²) in [7, 11) is 0. The topological polar surface area (TPSA) is 108 Å². The molecule has 27 heavy (non-hydrogen) atoms.